The summed E-state index contributed by atoms with van der Waals surface area (Å²) in [5, 5.41) is 27.9. The Kier molecular flexibility index (Phi) is 4.83. The standard InChI is InChI=1S/C8H8O4.Na/c9-6-2-1-5(3-7(6)10)4-8(11)12;/h1-3,9-10H,4H2,(H,11,12);/q;+1/p-1. The number of hydrogen-bond donors (Lipinski definition) is 2. The van der Waals surface area contributed by atoms with Crippen molar-refractivity contribution in [1.29, 1.82) is 0 Å². The first-order chi connectivity index (χ1) is 5.59. The molecule has 0 aliphatic heterocycles. The number of phenols is 1. The van der Waals surface area contributed by atoms with Crippen LogP contribution >= 0.6 is 0 Å². The van der Waals surface area contributed by atoms with Crippen LogP contribution in [0.25, 0.3) is 0 Å². The van der Waals surface area contributed by atoms with Crippen molar-refractivity contribution in [2.45, 2.75) is 6.42 Å². The molecule has 0 spiro atoms. The second-order valence-electron chi connectivity index (χ2n) is 2.37. The Balaban J connectivity index is 0.00000144. The fourth-order valence-electron chi connectivity index (χ4n) is 0.848. The van der Waals surface area contributed by atoms with E-state index in [0.717, 1.165) is 12.1 Å². The third-order valence-corrected chi connectivity index (χ3v) is 1.38. The van der Waals surface area contributed by atoms with Gasteiger partial charge in [-0.15, -0.1) is 0 Å². The molecule has 0 aromatic heterocycles. The fraction of sp³-hybridized carbons (Fsp3) is 0.125. The van der Waals surface area contributed by atoms with Crippen LogP contribution in [0.15, 0.2) is 18.2 Å². The number of carbonyl (C=O) groups is 1. The Morgan fingerprint density at radius 3 is 2.54 bits per heavy atom. The van der Waals surface area contributed by atoms with E-state index < -0.39 is 17.5 Å². The minimum absolute atomic E-state index is 0. The average molecular weight is 190 g/mol. The van der Waals surface area contributed by atoms with Crippen LogP contribution in [0.2, 0.25) is 0 Å². The second kappa shape index (κ2) is 5.11. The Labute approximate surface area is 97.1 Å². The molecule has 2 N–H and O–H groups in total. The zero-order chi connectivity index (χ0) is 9.14. The molecule has 1 aromatic carbocycles. The van der Waals surface area contributed by atoms with Gasteiger partial charge in [-0.1, -0.05) is 17.9 Å². The molecule has 0 aliphatic rings. The number of carboxylic acid groups (broad SMARTS) is 1. The molecule has 4 nitrogen and oxygen atoms in total. The number of carboxylic acids is 1. The van der Waals surface area contributed by atoms with Gasteiger partial charge in [-0.3, -0.25) is 4.79 Å². The van der Waals surface area contributed by atoms with Gasteiger partial charge in [0.15, 0.2) is 0 Å². The molecule has 0 aliphatic carbocycles. The van der Waals surface area contributed by atoms with E-state index in [1.165, 1.54) is 6.07 Å². The Morgan fingerprint density at radius 1 is 1.46 bits per heavy atom. The first-order valence-corrected chi connectivity index (χ1v) is 3.30. The van der Waals surface area contributed by atoms with Gasteiger partial charge in [0.2, 0.25) is 0 Å². The molecule has 0 atom stereocenters. The van der Waals surface area contributed by atoms with Gasteiger partial charge in [0, 0.05) is 0 Å². The maximum atomic E-state index is 10.7. The molecule has 0 amide bonds. The largest absolute Gasteiger partial charge is 1.00 e. The molecule has 0 unspecified atom stereocenters. The molecule has 13 heavy (non-hydrogen) atoms. The molecule has 0 saturated carbocycles. The van der Waals surface area contributed by atoms with Crippen molar-refractivity contribution in [1.82, 2.24) is 0 Å². The van der Waals surface area contributed by atoms with Crippen LogP contribution in [0.5, 0.6) is 11.5 Å². The molecular formula is C8H7NaO4. The first kappa shape index (κ1) is 12.3. The topological polar surface area (TPSA) is 80.6 Å². The molecular weight excluding hydrogens is 183 g/mol. The van der Waals surface area contributed by atoms with Crippen molar-refractivity contribution in [2.24, 2.45) is 0 Å². The molecule has 0 bridgehead atoms. The van der Waals surface area contributed by atoms with Crippen molar-refractivity contribution in [3.63, 3.8) is 0 Å². The molecule has 0 fully saturated rings. The van der Waals surface area contributed by atoms with Gasteiger partial charge >= 0.3 is 35.5 Å². The summed E-state index contributed by atoms with van der Waals surface area (Å²) in [5.74, 6) is -1.90. The van der Waals surface area contributed by atoms with E-state index in [1.807, 2.05) is 0 Å². The van der Waals surface area contributed by atoms with E-state index >= 15 is 0 Å². The van der Waals surface area contributed by atoms with Crippen molar-refractivity contribution in [2.75, 3.05) is 0 Å². The van der Waals surface area contributed by atoms with E-state index in [9.17, 15) is 9.90 Å². The van der Waals surface area contributed by atoms with Gasteiger partial charge in [-0.25, -0.2) is 0 Å². The first-order valence-electron chi connectivity index (χ1n) is 3.30. The van der Waals surface area contributed by atoms with Crippen LogP contribution < -0.4 is 34.7 Å². The van der Waals surface area contributed by atoms with E-state index in [2.05, 4.69) is 0 Å². The normalized spacial score (nSPS) is 8.92. The molecule has 1 rings (SSSR count). The predicted octanol–water partition coefficient (Wildman–Crippen LogP) is -2.90. The third kappa shape index (κ3) is 3.67. The molecule has 64 valence electrons. The van der Waals surface area contributed by atoms with Crippen LogP contribution in [0.4, 0.5) is 0 Å². The SMILES string of the molecule is O=C(O)Cc1ccc([O-])c(O)c1.[Na+]. The van der Waals surface area contributed by atoms with Crippen LogP contribution in [0.1, 0.15) is 5.56 Å². The molecule has 1 aromatic rings. The molecule has 0 heterocycles. The summed E-state index contributed by atoms with van der Waals surface area (Å²) in [5.41, 5.74) is 0.416. The number of aliphatic carboxylic acids is 1. The Morgan fingerprint density at radius 2 is 2.08 bits per heavy atom. The maximum absolute atomic E-state index is 10.7. The Hall–Kier alpha value is -0.710. The average Bonchev–Trinajstić information content (AvgIpc) is 1.96. The summed E-state index contributed by atoms with van der Waals surface area (Å²) in [6.45, 7) is 0. The zero-order valence-electron chi connectivity index (χ0n) is 7.15. The van der Waals surface area contributed by atoms with Crippen molar-refractivity contribution in [3.05, 3.63) is 23.8 Å². The third-order valence-electron chi connectivity index (χ3n) is 1.38. The smallest absolute Gasteiger partial charge is 0.870 e. The van der Waals surface area contributed by atoms with Gasteiger partial charge in [0.25, 0.3) is 0 Å². The molecule has 0 radical (unpaired) electrons. The van der Waals surface area contributed by atoms with Gasteiger partial charge in [0.1, 0.15) is 5.75 Å². The van der Waals surface area contributed by atoms with Gasteiger partial charge in [0.05, 0.1) is 6.42 Å². The number of benzene rings is 1. The Bertz CT molecular complexity index is 311. The monoisotopic (exact) mass is 190 g/mol. The van der Waals surface area contributed by atoms with Crippen LogP contribution in [0.3, 0.4) is 0 Å². The van der Waals surface area contributed by atoms with Crippen molar-refractivity contribution < 1.29 is 49.7 Å². The van der Waals surface area contributed by atoms with Crippen LogP contribution in [-0.2, 0) is 11.2 Å². The van der Waals surface area contributed by atoms with Crippen molar-refractivity contribution >= 4 is 5.97 Å². The number of hydrogen-bond acceptors (Lipinski definition) is 3. The van der Waals surface area contributed by atoms with Crippen molar-refractivity contribution in [3.8, 4) is 11.5 Å². The van der Waals surface area contributed by atoms with E-state index in [4.69, 9.17) is 10.2 Å². The summed E-state index contributed by atoms with van der Waals surface area (Å²) >= 11 is 0. The zero-order valence-corrected chi connectivity index (χ0v) is 9.15. The predicted molar refractivity (Wildman–Crippen MR) is 38.9 cm³/mol. The quantitative estimate of drug-likeness (QED) is 0.490. The second-order valence-corrected chi connectivity index (χ2v) is 2.37. The summed E-state index contributed by atoms with van der Waals surface area (Å²) in [4.78, 5) is 10.2. The summed E-state index contributed by atoms with van der Waals surface area (Å²) in [7, 11) is 0. The number of rotatable bonds is 2. The summed E-state index contributed by atoms with van der Waals surface area (Å²) < 4.78 is 0. The van der Waals surface area contributed by atoms with Gasteiger partial charge in [-0.05, 0) is 11.6 Å². The van der Waals surface area contributed by atoms with Gasteiger partial charge in [-0.2, -0.15) is 0 Å². The minimum Gasteiger partial charge on any atom is -0.870 e. The van der Waals surface area contributed by atoms with Gasteiger partial charge < -0.3 is 15.3 Å². The van der Waals surface area contributed by atoms with E-state index in [-0.39, 0.29) is 36.0 Å². The minimum atomic E-state index is -0.993. The summed E-state index contributed by atoms with van der Waals surface area (Å²) in [6, 6.07) is 3.69. The molecule has 5 heteroatoms. The van der Waals surface area contributed by atoms with E-state index in [0.29, 0.717) is 5.56 Å². The van der Waals surface area contributed by atoms with Crippen LogP contribution in [0, 0.1) is 0 Å². The summed E-state index contributed by atoms with van der Waals surface area (Å²) in [6.07, 6.45) is -0.187. The van der Waals surface area contributed by atoms with Crippen LogP contribution in [-0.4, -0.2) is 16.2 Å². The maximum Gasteiger partial charge on any atom is 1.00 e. The fourth-order valence-corrected chi connectivity index (χ4v) is 0.848. The van der Waals surface area contributed by atoms with E-state index in [1.54, 1.807) is 0 Å². The molecule has 0 saturated heterocycles. The number of phenolic OH excluding ortho intramolecular Hbond substituents is 1. The number of aromatic hydroxyl groups is 1.